The molecule has 2 aromatic rings. The van der Waals surface area contributed by atoms with Crippen LogP contribution in [0.5, 0.6) is 5.75 Å². The zero-order valence-corrected chi connectivity index (χ0v) is 11.9. The molecular formula is C15H19FN2O2. The third-order valence-electron chi connectivity index (χ3n) is 3.01. The zero-order valence-electron chi connectivity index (χ0n) is 11.9. The van der Waals surface area contributed by atoms with Gasteiger partial charge in [-0.2, -0.15) is 5.10 Å². The first-order chi connectivity index (χ1) is 9.47. The fourth-order valence-corrected chi connectivity index (χ4v) is 1.79. The Morgan fingerprint density at radius 1 is 1.30 bits per heavy atom. The number of benzene rings is 1. The average Bonchev–Trinajstić information content (AvgIpc) is 2.86. The van der Waals surface area contributed by atoms with Crippen molar-refractivity contribution in [1.82, 2.24) is 9.78 Å². The van der Waals surface area contributed by atoms with Crippen LogP contribution >= 0.6 is 0 Å². The van der Waals surface area contributed by atoms with Crippen LogP contribution in [0.15, 0.2) is 30.5 Å². The minimum absolute atomic E-state index is 0.161. The van der Waals surface area contributed by atoms with Gasteiger partial charge in [0.05, 0.1) is 11.8 Å². The highest BCUT2D eigenvalue weighted by atomic mass is 19.1. The van der Waals surface area contributed by atoms with Crippen LogP contribution in [0.1, 0.15) is 44.2 Å². The summed E-state index contributed by atoms with van der Waals surface area (Å²) in [5.41, 5.74) is 1.27. The van der Waals surface area contributed by atoms with Crippen LogP contribution in [0.25, 0.3) is 0 Å². The highest BCUT2D eigenvalue weighted by Gasteiger charge is 2.09. The van der Waals surface area contributed by atoms with Gasteiger partial charge < -0.3 is 9.84 Å². The summed E-state index contributed by atoms with van der Waals surface area (Å²) in [5.74, 6) is -0.319. The van der Waals surface area contributed by atoms with Crippen molar-refractivity contribution in [3.8, 4) is 5.75 Å². The van der Waals surface area contributed by atoms with Crippen molar-refractivity contribution < 1.29 is 14.2 Å². The third kappa shape index (κ3) is 3.36. The molecule has 0 saturated heterocycles. The van der Waals surface area contributed by atoms with Gasteiger partial charge in [-0.3, -0.25) is 4.68 Å². The monoisotopic (exact) mass is 278 g/mol. The van der Waals surface area contributed by atoms with Gasteiger partial charge in [-0.05, 0) is 44.5 Å². The van der Waals surface area contributed by atoms with Crippen LogP contribution in [-0.2, 0) is 6.61 Å². The summed E-state index contributed by atoms with van der Waals surface area (Å²) in [5, 5.41) is 13.7. The van der Waals surface area contributed by atoms with Crippen LogP contribution in [0.3, 0.4) is 0 Å². The van der Waals surface area contributed by atoms with Crippen molar-refractivity contribution in [3.63, 3.8) is 0 Å². The molecule has 0 unspecified atom stereocenters. The van der Waals surface area contributed by atoms with Gasteiger partial charge in [0.1, 0.15) is 6.61 Å². The van der Waals surface area contributed by atoms with Gasteiger partial charge in [-0.25, -0.2) is 4.39 Å². The highest BCUT2D eigenvalue weighted by Crippen LogP contribution is 2.22. The lowest BCUT2D eigenvalue weighted by molar-refractivity contribution is 0.198. The summed E-state index contributed by atoms with van der Waals surface area (Å²) in [7, 11) is 0. The molecule has 0 aliphatic heterocycles. The number of halogens is 1. The van der Waals surface area contributed by atoms with Crippen molar-refractivity contribution >= 4 is 0 Å². The zero-order chi connectivity index (χ0) is 14.7. The van der Waals surface area contributed by atoms with Crippen LogP contribution < -0.4 is 4.74 Å². The molecule has 2 rings (SSSR count). The Hall–Kier alpha value is -1.88. The van der Waals surface area contributed by atoms with Gasteiger partial charge in [0, 0.05) is 12.2 Å². The molecule has 0 radical (unpaired) electrons. The molecule has 1 aromatic carbocycles. The molecule has 0 saturated carbocycles. The number of aliphatic hydroxyl groups excluding tert-OH is 1. The second kappa shape index (κ2) is 6.05. The Kier molecular flexibility index (Phi) is 4.39. The molecular weight excluding hydrogens is 259 g/mol. The van der Waals surface area contributed by atoms with E-state index in [1.165, 1.54) is 12.1 Å². The third-order valence-corrected chi connectivity index (χ3v) is 3.01. The normalized spacial score (nSPS) is 12.7. The summed E-state index contributed by atoms with van der Waals surface area (Å²) >= 11 is 0. The second-order valence-electron chi connectivity index (χ2n) is 5.04. The molecule has 1 atom stereocenters. The first-order valence-electron chi connectivity index (χ1n) is 6.61. The SMILES string of the molecule is CC(C)n1ccc(COc2ccc([C@@H](C)O)cc2F)n1. The standard InChI is InChI=1S/C15H19FN2O2/c1-10(2)18-7-6-13(17-18)9-20-15-5-4-12(11(3)19)8-14(15)16/h4-8,10-11,19H,9H2,1-3H3/t11-/m1/s1. The smallest absolute Gasteiger partial charge is 0.165 e. The average molecular weight is 278 g/mol. The number of hydrogen-bond acceptors (Lipinski definition) is 3. The van der Waals surface area contributed by atoms with E-state index in [0.717, 1.165) is 5.69 Å². The van der Waals surface area contributed by atoms with Crippen LogP contribution in [0.4, 0.5) is 4.39 Å². The minimum atomic E-state index is -0.694. The van der Waals surface area contributed by atoms with E-state index in [2.05, 4.69) is 5.10 Å². The Balaban J connectivity index is 2.03. The summed E-state index contributed by atoms with van der Waals surface area (Å²) in [6.45, 7) is 5.87. The van der Waals surface area contributed by atoms with Crippen molar-refractivity contribution in [2.24, 2.45) is 0 Å². The summed E-state index contributed by atoms with van der Waals surface area (Å²) in [6.07, 6.45) is 1.18. The Bertz CT molecular complexity index is 579. The predicted octanol–water partition coefficient (Wildman–Crippen LogP) is 3.24. The molecule has 0 amide bonds. The van der Waals surface area contributed by atoms with Crippen molar-refractivity contribution in [3.05, 3.63) is 47.5 Å². The molecule has 0 spiro atoms. The number of rotatable bonds is 5. The maximum Gasteiger partial charge on any atom is 0.165 e. The maximum atomic E-state index is 13.8. The maximum absolute atomic E-state index is 13.8. The molecule has 108 valence electrons. The van der Waals surface area contributed by atoms with Gasteiger partial charge in [0.2, 0.25) is 0 Å². The lowest BCUT2D eigenvalue weighted by Gasteiger charge is -2.09. The molecule has 0 aliphatic carbocycles. The van der Waals surface area contributed by atoms with E-state index < -0.39 is 11.9 Å². The number of aliphatic hydroxyl groups is 1. The number of nitrogens with zero attached hydrogens (tertiary/aromatic N) is 2. The summed E-state index contributed by atoms with van der Waals surface area (Å²) < 4.78 is 21.0. The summed E-state index contributed by atoms with van der Waals surface area (Å²) in [4.78, 5) is 0. The van der Waals surface area contributed by atoms with Crippen LogP contribution in [-0.4, -0.2) is 14.9 Å². The quantitative estimate of drug-likeness (QED) is 0.913. The van der Waals surface area contributed by atoms with E-state index in [4.69, 9.17) is 4.74 Å². The van der Waals surface area contributed by atoms with Crippen molar-refractivity contribution in [2.45, 2.75) is 39.5 Å². The van der Waals surface area contributed by atoms with E-state index >= 15 is 0 Å². The molecule has 20 heavy (non-hydrogen) atoms. The molecule has 0 bridgehead atoms. The Labute approximate surface area is 117 Å². The lowest BCUT2D eigenvalue weighted by atomic mass is 10.1. The lowest BCUT2D eigenvalue weighted by Crippen LogP contribution is -2.04. The van der Waals surface area contributed by atoms with E-state index in [9.17, 15) is 9.50 Å². The highest BCUT2D eigenvalue weighted by molar-refractivity contribution is 5.30. The Morgan fingerprint density at radius 2 is 2.05 bits per heavy atom. The van der Waals surface area contributed by atoms with Crippen molar-refractivity contribution in [1.29, 1.82) is 0 Å². The molecule has 0 fully saturated rings. The number of hydrogen-bond donors (Lipinski definition) is 1. The first-order valence-corrected chi connectivity index (χ1v) is 6.61. The molecule has 1 heterocycles. The molecule has 5 heteroatoms. The first kappa shape index (κ1) is 14.5. The van der Waals surface area contributed by atoms with E-state index in [0.29, 0.717) is 5.56 Å². The molecule has 1 aromatic heterocycles. The van der Waals surface area contributed by atoms with Gasteiger partial charge in [-0.1, -0.05) is 6.07 Å². The Morgan fingerprint density at radius 3 is 2.60 bits per heavy atom. The van der Waals surface area contributed by atoms with Gasteiger partial charge >= 0.3 is 0 Å². The molecule has 4 nitrogen and oxygen atoms in total. The number of aromatic nitrogens is 2. The topological polar surface area (TPSA) is 47.3 Å². The second-order valence-corrected chi connectivity index (χ2v) is 5.04. The van der Waals surface area contributed by atoms with Crippen LogP contribution in [0.2, 0.25) is 0 Å². The molecule has 1 N–H and O–H groups in total. The fraction of sp³-hybridized carbons (Fsp3) is 0.400. The summed E-state index contributed by atoms with van der Waals surface area (Å²) in [6, 6.07) is 6.59. The van der Waals surface area contributed by atoms with E-state index in [-0.39, 0.29) is 18.4 Å². The van der Waals surface area contributed by atoms with E-state index in [1.54, 1.807) is 13.0 Å². The van der Waals surface area contributed by atoms with Crippen LogP contribution in [0, 0.1) is 5.82 Å². The van der Waals surface area contributed by atoms with Gasteiger partial charge in [-0.15, -0.1) is 0 Å². The minimum Gasteiger partial charge on any atom is -0.484 e. The van der Waals surface area contributed by atoms with Gasteiger partial charge in [0.15, 0.2) is 11.6 Å². The number of ether oxygens (including phenoxy) is 1. The fourth-order valence-electron chi connectivity index (χ4n) is 1.79. The molecule has 0 aliphatic rings. The predicted molar refractivity (Wildman–Crippen MR) is 74.0 cm³/mol. The van der Waals surface area contributed by atoms with E-state index in [1.807, 2.05) is 30.8 Å². The largest absolute Gasteiger partial charge is 0.484 e. The van der Waals surface area contributed by atoms with Gasteiger partial charge in [0.25, 0.3) is 0 Å². The van der Waals surface area contributed by atoms with Crippen molar-refractivity contribution in [2.75, 3.05) is 0 Å².